The number of aryl methyl sites for hydroxylation is 1. The van der Waals surface area contributed by atoms with E-state index in [4.69, 9.17) is 4.52 Å². The number of carbonyl (C=O) groups is 2. The Kier molecular flexibility index (Phi) is 4.95. The minimum atomic E-state index is -0.149. The van der Waals surface area contributed by atoms with E-state index in [2.05, 4.69) is 15.8 Å². The van der Waals surface area contributed by atoms with Crippen molar-refractivity contribution in [2.75, 3.05) is 26.2 Å². The molecule has 0 unspecified atom stereocenters. The van der Waals surface area contributed by atoms with Gasteiger partial charge in [-0.15, -0.1) is 0 Å². The Morgan fingerprint density at radius 1 is 1.39 bits per heavy atom. The second-order valence-corrected chi connectivity index (χ2v) is 6.47. The lowest BCUT2D eigenvalue weighted by atomic mass is 9.97. The molecular weight excluding hydrogens is 296 g/mol. The third-order valence-corrected chi connectivity index (χ3v) is 4.56. The number of aromatic nitrogens is 1. The molecule has 7 heteroatoms. The maximum atomic E-state index is 12.4. The van der Waals surface area contributed by atoms with Crippen LogP contribution in [0.5, 0.6) is 0 Å². The van der Waals surface area contributed by atoms with Crippen LogP contribution in [-0.2, 0) is 4.79 Å². The van der Waals surface area contributed by atoms with Gasteiger partial charge in [-0.1, -0.05) is 5.16 Å². The van der Waals surface area contributed by atoms with E-state index < -0.39 is 0 Å². The van der Waals surface area contributed by atoms with Crippen LogP contribution in [0.15, 0.2) is 10.6 Å². The van der Waals surface area contributed by atoms with Crippen LogP contribution in [0.1, 0.15) is 41.9 Å². The van der Waals surface area contributed by atoms with Crippen molar-refractivity contribution < 1.29 is 14.1 Å². The van der Waals surface area contributed by atoms with Crippen LogP contribution in [0.4, 0.5) is 0 Å². The van der Waals surface area contributed by atoms with Gasteiger partial charge in [0.25, 0.3) is 5.91 Å². The maximum Gasteiger partial charge on any atom is 0.292 e. The average Bonchev–Trinajstić information content (AvgIpc) is 3.01. The first-order chi connectivity index (χ1) is 11.1. The van der Waals surface area contributed by atoms with E-state index in [1.54, 1.807) is 17.9 Å². The molecule has 126 valence electrons. The van der Waals surface area contributed by atoms with Crippen molar-refractivity contribution in [1.82, 2.24) is 20.7 Å². The molecular formula is C16H24N4O3. The van der Waals surface area contributed by atoms with Crippen molar-refractivity contribution in [3.8, 4) is 0 Å². The number of hydrogen-bond acceptors (Lipinski definition) is 5. The first-order valence-corrected chi connectivity index (χ1v) is 8.37. The zero-order valence-corrected chi connectivity index (χ0v) is 13.5. The molecule has 3 rings (SSSR count). The molecule has 2 N–H and O–H groups in total. The van der Waals surface area contributed by atoms with Crippen molar-refractivity contribution in [1.29, 1.82) is 0 Å². The summed E-state index contributed by atoms with van der Waals surface area (Å²) in [7, 11) is 0. The minimum absolute atomic E-state index is 0.0196. The van der Waals surface area contributed by atoms with Gasteiger partial charge in [0.1, 0.15) is 0 Å². The lowest BCUT2D eigenvalue weighted by molar-refractivity contribution is -0.126. The lowest BCUT2D eigenvalue weighted by Gasteiger charge is -2.33. The summed E-state index contributed by atoms with van der Waals surface area (Å²) in [4.78, 5) is 26.5. The zero-order valence-electron chi connectivity index (χ0n) is 13.5. The molecule has 3 heterocycles. The van der Waals surface area contributed by atoms with Gasteiger partial charge in [-0.25, -0.2) is 0 Å². The molecule has 0 spiro atoms. The molecule has 0 radical (unpaired) electrons. The van der Waals surface area contributed by atoms with E-state index in [0.717, 1.165) is 38.8 Å². The van der Waals surface area contributed by atoms with Crippen molar-refractivity contribution in [3.63, 3.8) is 0 Å². The van der Waals surface area contributed by atoms with Gasteiger partial charge in [0.2, 0.25) is 11.7 Å². The van der Waals surface area contributed by atoms with Crippen molar-refractivity contribution in [2.45, 2.75) is 38.6 Å². The summed E-state index contributed by atoms with van der Waals surface area (Å²) in [6, 6.07) is 1.67. The summed E-state index contributed by atoms with van der Waals surface area (Å²) in [5.41, 5.74) is 0.694. The van der Waals surface area contributed by atoms with Gasteiger partial charge in [-0.2, -0.15) is 0 Å². The molecule has 2 saturated heterocycles. The summed E-state index contributed by atoms with van der Waals surface area (Å²) in [5.74, 6) is 0.272. The van der Waals surface area contributed by atoms with Crippen LogP contribution in [0.25, 0.3) is 0 Å². The van der Waals surface area contributed by atoms with E-state index in [9.17, 15) is 9.59 Å². The maximum absolute atomic E-state index is 12.4. The van der Waals surface area contributed by atoms with E-state index in [0.29, 0.717) is 18.8 Å². The summed E-state index contributed by atoms with van der Waals surface area (Å²) in [6.45, 7) is 4.75. The summed E-state index contributed by atoms with van der Waals surface area (Å²) in [6.07, 6.45) is 3.77. The Morgan fingerprint density at radius 2 is 2.26 bits per heavy atom. The monoisotopic (exact) mass is 320 g/mol. The standard InChI is InChI=1S/C16H24N4O3/c1-11-8-14(23-19-11)16(22)20-7-3-5-13(10-20)18-15(21)12-4-2-6-17-9-12/h8,12-13,17H,2-7,9-10H2,1H3,(H,18,21)/t12-,13+/m0/s1. The van der Waals surface area contributed by atoms with Crippen molar-refractivity contribution in [2.24, 2.45) is 5.92 Å². The number of hydrogen-bond donors (Lipinski definition) is 2. The summed E-state index contributed by atoms with van der Waals surface area (Å²) in [5, 5.41) is 10.1. The Hall–Kier alpha value is -1.89. The number of nitrogens with zero attached hydrogens (tertiary/aromatic N) is 2. The summed E-state index contributed by atoms with van der Waals surface area (Å²) < 4.78 is 5.05. The Labute approximate surface area is 135 Å². The van der Waals surface area contributed by atoms with Gasteiger partial charge >= 0.3 is 0 Å². The van der Waals surface area contributed by atoms with Gasteiger partial charge < -0.3 is 20.1 Å². The second-order valence-electron chi connectivity index (χ2n) is 6.47. The first kappa shape index (κ1) is 16.0. The van der Waals surface area contributed by atoms with E-state index >= 15 is 0 Å². The van der Waals surface area contributed by atoms with Crippen molar-refractivity contribution >= 4 is 11.8 Å². The molecule has 2 fully saturated rings. The van der Waals surface area contributed by atoms with E-state index in [1.165, 1.54) is 0 Å². The molecule has 1 aromatic heterocycles. The molecule has 7 nitrogen and oxygen atoms in total. The molecule has 1 aromatic rings. The number of amides is 2. The summed E-state index contributed by atoms with van der Waals surface area (Å²) >= 11 is 0. The number of nitrogens with one attached hydrogen (secondary N) is 2. The molecule has 2 amide bonds. The molecule has 2 aliphatic heterocycles. The van der Waals surface area contributed by atoms with Crippen LogP contribution in [0.3, 0.4) is 0 Å². The van der Waals surface area contributed by atoms with Gasteiger partial charge in [0, 0.05) is 31.7 Å². The third kappa shape index (κ3) is 3.90. The Morgan fingerprint density at radius 3 is 2.96 bits per heavy atom. The number of piperidine rings is 2. The van der Waals surface area contributed by atoms with Crippen molar-refractivity contribution in [3.05, 3.63) is 17.5 Å². The number of rotatable bonds is 3. The molecule has 2 aliphatic rings. The largest absolute Gasteiger partial charge is 0.351 e. The molecule has 23 heavy (non-hydrogen) atoms. The fourth-order valence-corrected chi connectivity index (χ4v) is 3.29. The predicted molar refractivity (Wildman–Crippen MR) is 83.9 cm³/mol. The highest BCUT2D eigenvalue weighted by atomic mass is 16.5. The highest BCUT2D eigenvalue weighted by molar-refractivity contribution is 5.91. The minimum Gasteiger partial charge on any atom is -0.351 e. The lowest BCUT2D eigenvalue weighted by Crippen LogP contribution is -2.52. The average molecular weight is 320 g/mol. The number of likely N-dealkylation sites (tertiary alicyclic amines) is 1. The zero-order chi connectivity index (χ0) is 16.2. The Balaban J connectivity index is 1.55. The molecule has 0 bridgehead atoms. The van der Waals surface area contributed by atoms with E-state index in [-0.39, 0.29) is 29.5 Å². The topological polar surface area (TPSA) is 87.5 Å². The molecule has 0 aromatic carbocycles. The predicted octanol–water partition coefficient (Wildman–Crippen LogP) is 0.703. The quantitative estimate of drug-likeness (QED) is 0.856. The smallest absolute Gasteiger partial charge is 0.292 e. The Bertz CT molecular complexity index is 565. The molecule has 0 saturated carbocycles. The molecule has 0 aliphatic carbocycles. The van der Waals surface area contributed by atoms with Crippen LogP contribution in [-0.4, -0.2) is 54.1 Å². The SMILES string of the molecule is Cc1cc(C(=O)N2CCC[C@@H](NC(=O)[C@H]3CCCNC3)C2)on1. The highest BCUT2D eigenvalue weighted by Gasteiger charge is 2.29. The van der Waals surface area contributed by atoms with Gasteiger partial charge in [0.15, 0.2) is 0 Å². The molecule has 2 atom stereocenters. The second kappa shape index (κ2) is 7.12. The van der Waals surface area contributed by atoms with Gasteiger partial charge in [0.05, 0.1) is 11.6 Å². The van der Waals surface area contributed by atoms with E-state index in [1.807, 2.05) is 0 Å². The van der Waals surface area contributed by atoms with Crippen LogP contribution in [0, 0.1) is 12.8 Å². The van der Waals surface area contributed by atoms with Crippen LogP contribution < -0.4 is 10.6 Å². The highest BCUT2D eigenvalue weighted by Crippen LogP contribution is 2.16. The van der Waals surface area contributed by atoms with Crippen LogP contribution in [0.2, 0.25) is 0 Å². The fraction of sp³-hybridized carbons (Fsp3) is 0.688. The normalized spacial score (nSPS) is 25.2. The van der Waals surface area contributed by atoms with Gasteiger partial charge in [-0.3, -0.25) is 9.59 Å². The number of carbonyl (C=O) groups excluding carboxylic acids is 2. The fourth-order valence-electron chi connectivity index (χ4n) is 3.29. The third-order valence-electron chi connectivity index (χ3n) is 4.56. The first-order valence-electron chi connectivity index (χ1n) is 8.37. The van der Waals surface area contributed by atoms with Gasteiger partial charge in [-0.05, 0) is 39.2 Å². The van der Waals surface area contributed by atoms with Crippen LogP contribution >= 0.6 is 0 Å².